The van der Waals surface area contributed by atoms with Crippen molar-refractivity contribution in [3.05, 3.63) is 12.2 Å². The molecule has 100 valence electrons. The molecule has 0 aromatic heterocycles. The fraction of sp³-hybridized carbons (Fsp3) is 0.667. The van der Waals surface area contributed by atoms with E-state index < -0.39 is 8.32 Å². The summed E-state index contributed by atoms with van der Waals surface area (Å²) in [7, 11) is -0.435. The molecule has 1 aliphatic heterocycles. The molecule has 0 saturated heterocycles. The Morgan fingerprint density at radius 3 is 2.50 bits per heavy atom. The minimum Gasteiger partial charge on any atom is -0.414 e. The van der Waals surface area contributed by atoms with Crippen molar-refractivity contribution >= 4 is 27.9 Å². The molecule has 0 radical (unpaired) electrons. The number of rotatable bonds is 3. The van der Waals surface area contributed by atoms with Crippen LogP contribution >= 0.6 is 0 Å². The van der Waals surface area contributed by atoms with Crippen LogP contribution in [0.1, 0.15) is 20.8 Å². The third-order valence-corrected chi connectivity index (χ3v) is 8.29. The van der Waals surface area contributed by atoms with E-state index in [0.29, 0.717) is 6.61 Å². The van der Waals surface area contributed by atoms with Crippen molar-refractivity contribution in [3.63, 3.8) is 0 Å². The van der Waals surface area contributed by atoms with E-state index in [1.165, 1.54) is 18.8 Å². The Hall–Kier alpha value is -0.878. The van der Waals surface area contributed by atoms with Crippen molar-refractivity contribution in [2.45, 2.75) is 44.9 Å². The molecular weight excluding hydrogens is 245 g/mol. The highest BCUT2D eigenvalue weighted by atomic mass is 28.4. The van der Waals surface area contributed by atoms with E-state index in [-0.39, 0.29) is 22.8 Å². The van der Waals surface area contributed by atoms with Crippen LogP contribution < -0.4 is 0 Å². The van der Waals surface area contributed by atoms with Crippen molar-refractivity contribution < 1.29 is 14.0 Å². The second-order valence-electron chi connectivity index (χ2n) is 6.23. The van der Waals surface area contributed by atoms with Gasteiger partial charge in [0, 0.05) is 6.08 Å². The van der Waals surface area contributed by atoms with Gasteiger partial charge < -0.3 is 4.43 Å². The molecule has 0 bridgehead atoms. The molecule has 0 fully saturated rings. The third-order valence-electron chi connectivity index (χ3n) is 3.79. The van der Waals surface area contributed by atoms with Crippen LogP contribution in [0.25, 0.3) is 0 Å². The SMILES string of the molecule is BC(=O)N1C(=O)C=C[C@H]1CO[Si](C)(C)C(C)(C)C. The predicted molar refractivity (Wildman–Crippen MR) is 76.9 cm³/mol. The van der Waals surface area contributed by atoms with E-state index in [2.05, 4.69) is 33.9 Å². The highest BCUT2D eigenvalue weighted by Crippen LogP contribution is 2.36. The summed E-state index contributed by atoms with van der Waals surface area (Å²) >= 11 is 0. The number of hydrogen-bond donors (Lipinski definition) is 0. The van der Waals surface area contributed by atoms with Gasteiger partial charge in [0.25, 0.3) is 5.91 Å². The van der Waals surface area contributed by atoms with Gasteiger partial charge in [-0.3, -0.25) is 14.5 Å². The van der Waals surface area contributed by atoms with Crippen LogP contribution in [0.4, 0.5) is 4.79 Å². The van der Waals surface area contributed by atoms with E-state index in [4.69, 9.17) is 4.43 Å². The Kier molecular flexibility index (Phi) is 4.23. The van der Waals surface area contributed by atoms with E-state index in [1.807, 2.05) is 0 Å². The van der Waals surface area contributed by atoms with Crippen molar-refractivity contribution in [2.75, 3.05) is 6.61 Å². The minimum atomic E-state index is -1.84. The number of imide groups is 1. The quantitative estimate of drug-likeness (QED) is 0.728. The first kappa shape index (κ1) is 15.2. The standard InChI is InChI=1S/C12H22BNO3Si/c1-12(2,3)18(4,5)17-8-9-6-7-10(15)14(9)11(13)16/h6-7,9H,8,13H2,1-5H3/t9-/m0/s1. The molecule has 4 nitrogen and oxygen atoms in total. The molecule has 18 heavy (non-hydrogen) atoms. The van der Waals surface area contributed by atoms with Gasteiger partial charge in [-0.15, -0.1) is 0 Å². The van der Waals surface area contributed by atoms with Gasteiger partial charge in [0.1, 0.15) is 0 Å². The number of carbonyl (C=O) groups is 2. The van der Waals surface area contributed by atoms with Gasteiger partial charge in [0.05, 0.1) is 12.6 Å². The number of carbonyl (C=O) groups excluding carboxylic acids is 2. The molecule has 1 heterocycles. The summed E-state index contributed by atoms with van der Waals surface area (Å²) < 4.78 is 6.05. The van der Waals surface area contributed by atoms with Crippen LogP contribution in [0.5, 0.6) is 0 Å². The lowest BCUT2D eigenvalue weighted by Gasteiger charge is -2.37. The van der Waals surface area contributed by atoms with E-state index in [0.717, 1.165) is 0 Å². The van der Waals surface area contributed by atoms with Crippen molar-refractivity contribution in [2.24, 2.45) is 0 Å². The highest BCUT2D eigenvalue weighted by Gasteiger charge is 2.39. The maximum atomic E-state index is 11.5. The highest BCUT2D eigenvalue weighted by molar-refractivity contribution is 6.74. The van der Waals surface area contributed by atoms with Crippen LogP contribution in [-0.2, 0) is 9.22 Å². The molecule has 1 rings (SSSR count). The molecule has 0 aliphatic carbocycles. The predicted octanol–water partition coefficient (Wildman–Crippen LogP) is 1.53. The molecule has 0 N–H and O–H groups in total. The summed E-state index contributed by atoms with van der Waals surface area (Å²) in [4.78, 5) is 24.2. The lowest BCUT2D eigenvalue weighted by atomic mass is 10.1. The summed E-state index contributed by atoms with van der Waals surface area (Å²) in [6, 6.07) is -0.246. The fourth-order valence-corrected chi connectivity index (χ4v) is 2.57. The van der Waals surface area contributed by atoms with Crippen LogP contribution in [0.3, 0.4) is 0 Å². The summed E-state index contributed by atoms with van der Waals surface area (Å²) in [5.74, 6) is -0.472. The fourth-order valence-electron chi connectivity index (χ4n) is 1.55. The number of amides is 2. The van der Waals surface area contributed by atoms with E-state index >= 15 is 0 Å². The van der Waals surface area contributed by atoms with Gasteiger partial charge in [0.2, 0.25) is 7.85 Å². The Morgan fingerprint density at radius 1 is 1.50 bits per heavy atom. The zero-order valence-corrected chi connectivity index (χ0v) is 13.1. The molecular formula is C12H22BNO3Si. The summed E-state index contributed by atoms with van der Waals surface area (Å²) in [6.07, 6.45) is 3.19. The maximum Gasteiger partial charge on any atom is 0.252 e. The van der Waals surface area contributed by atoms with Crippen LogP contribution in [-0.4, -0.2) is 45.4 Å². The molecule has 0 spiro atoms. The third kappa shape index (κ3) is 3.11. The molecule has 2 amide bonds. The molecule has 1 atom stereocenters. The molecule has 0 aromatic carbocycles. The largest absolute Gasteiger partial charge is 0.414 e. The Bertz CT molecular complexity index is 387. The van der Waals surface area contributed by atoms with E-state index in [1.54, 1.807) is 6.08 Å². The Morgan fingerprint density at radius 2 is 2.06 bits per heavy atom. The lowest BCUT2D eigenvalue weighted by Crippen LogP contribution is -2.46. The van der Waals surface area contributed by atoms with Gasteiger partial charge in [-0.2, -0.15) is 0 Å². The van der Waals surface area contributed by atoms with Gasteiger partial charge >= 0.3 is 0 Å². The van der Waals surface area contributed by atoms with Gasteiger partial charge in [-0.05, 0) is 18.1 Å². The average molecular weight is 267 g/mol. The summed E-state index contributed by atoms with van der Waals surface area (Å²) in [5, 5.41) is 0.125. The monoisotopic (exact) mass is 267 g/mol. The Labute approximate surface area is 111 Å². The first-order chi connectivity index (χ1) is 8.06. The lowest BCUT2D eigenvalue weighted by molar-refractivity contribution is -0.123. The molecule has 0 aromatic rings. The van der Waals surface area contributed by atoms with Crippen LogP contribution in [0.2, 0.25) is 18.1 Å². The van der Waals surface area contributed by atoms with Crippen molar-refractivity contribution in [3.8, 4) is 0 Å². The summed E-state index contributed by atoms with van der Waals surface area (Å²) in [6.45, 7) is 11.2. The Balaban J connectivity index is 2.67. The van der Waals surface area contributed by atoms with Crippen molar-refractivity contribution in [1.82, 2.24) is 4.90 Å². The minimum absolute atomic E-state index is 0.125. The molecule has 6 heteroatoms. The average Bonchev–Trinajstić information content (AvgIpc) is 2.55. The number of nitrogens with zero attached hydrogens (tertiary/aromatic N) is 1. The first-order valence-corrected chi connectivity index (χ1v) is 9.13. The molecule has 0 unspecified atom stereocenters. The maximum absolute atomic E-state index is 11.5. The second kappa shape index (κ2) is 5.01. The zero-order chi connectivity index (χ0) is 14.1. The van der Waals surface area contributed by atoms with Gasteiger partial charge in [0.15, 0.2) is 14.1 Å². The summed E-state index contributed by atoms with van der Waals surface area (Å²) in [5.41, 5.74) is 0. The molecule has 1 aliphatic rings. The van der Waals surface area contributed by atoms with Crippen LogP contribution in [0.15, 0.2) is 12.2 Å². The van der Waals surface area contributed by atoms with Gasteiger partial charge in [-0.1, -0.05) is 26.8 Å². The van der Waals surface area contributed by atoms with E-state index in [9.17, 15) is 9.59 Å². The smallest absolute Gasteiger partial charge is 0.252 e. The second-order valence-corrected chi connectivity index (χ2v) is 11.0. The van der Waals surface area contributed by atoms with Crippen molar-refractivity contribution in [1.29, 1.82) is 0 Å². The van der Waals surface area contributed by atoms with Gasteiger partial charge in [-0.25, -0.2) is 0 Å². The topological polar surface area (TPSA) is 46.6 Å². The normalized spacial score (nSPS) is 20.6. The van der Waals surface area contributed by atoms with Crippen LogP contribution in [0, 0.1) is 0 Å². The number of hydrogen-bond acceptors (Lipinski definition) is 3. The molecule has 0 saturated carbocycles. The first-order valence-electron chi connectivity index (χ1n) is 6.22. The zero-order valence-electron chi connectivity index (χ0n) is 12.1.